The lowest BCUT2D eigenvalue weighted by Gasteiger charge is -2.26. The fraction of sp³-hybridized carbons (Fsp3) is 0.688. The minimum absolute atomic E-state index is 0.00341. The first kappa shape index (κ1) is 23.8. The van der Waals surface area contributed by atoms with Gasteiger partial charge in [0.25, 0.3) is 0 Å². The summed E-state index contributed by atoms with van der Waals surface area (Å²) < 4.78 is 87.7. The Morgan fingerprint density at radius 3 is 1.96 bits per heavy atom. The molecule has 0 heterocycles. The molecule has 0 amide bonds. The predicted octanol–water partition coefficient (Wildman–Crippen LogP) is 3.06. The molecular formula is C16H20F6N2O4. The van der Waals surface area contributed by atoms with Crippen LogP contribution in [-0.4, -0.2) is 49.8 Å². The minimum Gasteiger partial charge on any atom is -0.466 e. The van der Waals surface area contributed by atoms with Gasteiger partial charge in [-0.15, -0.1) is 0 Å². The minimum atomic E-state index is -5.39. The quantitative estimate of drug-likeness (QED) is 0.321. The maximum absolute atomic E-state index is 13.4. The molecular weight excluding hydrogens is 398 g/mol. The number of esters is 2. The molecule has 0 spiro atoms. The van der Waals surface area contributed by atoms with Gasteiger partial charge in [0.15, 0.2) is 5.71 Å². The van der Waals surface area contributed by atoms with Crippen molar-refractivity contribution in [2.75, 3.05) is 13.7 Å². The first-order chi connectivity index (χ1) is 12.8. The van der Waals surface area contributed by atoms with Crippen LogP contribution in [0.2, 0.25) is 0 Å². The summed E-state index contributed by atoms with van der Waals surface area (Å²) in [4.78, 5) is 26.7. The second-order valence-electron chi connectivity index (χ2n) is 6.01. The summed E-state index contributed by atoms with van der Waals surface area (Å²) in [7, 11) is 0.629. The zero-order chi connectivity index (χ0) is 21.7. The van der Waals surface area contributed by atoms with Crippen LogP contribution in [0, 0.1) is 5.92 Å². The smallest absolute Gasteiger partial charge is 0.433 e. The van der Waals surface area contributed by atoms with Crippen molar-refractivity contribution in [2.24, 2.45) is 16.6 Å². The Morgan fingerprint density at radius 1 is 1.04 bits per heavy atom. The van der Waals surface area contributed by atoms with Gasteiger partial charge in [-0.3, -0.25) is 9.79 Å². The molecule has 1 aliphatic rings. The van der Waals surface area contributed by atoms with E-state index in [1.165, 1.54) is 0 Å². The largest absolute Gasteiger partial charge is 0.466 e. The van der Waals surface area contributed by atoms with E-state index in [4.69, 9.17) is 10.5 Å². The number of nitrogens with two attached hydrogens (primary N) is 1. The Bertz CT molecular complexity index is 647. The van der Waals surface area contributed by atoms with Crippen molar-refractivity contribution in [3.05, 3.63) is 11.3 Å². The van der Waals surface area contributed by atoms with Gasteiger partial charge in [-0.25, -0.2) is 4.79 Å². The normalized spacial score (nSPS) is 22.4. The summed E-state index contributed by atoms with van der Waals surface area (Å²) in [6, 6.07) is -1.04. The lowest BCUT2D eigenvalue weighted by atomic mass is 9.86. The predicted molar refractivity (Wildman–Crippen MR) is 85.2 cm³/mol. The highest BCUT2D eigenvalue weighted by atomic mass is 19.4. The number of methoxy groups -OCH3 is 1. The molecule has 160 valence electrons. The topological polar surface area (TPSA) is 91.0 Å². The number of nitrogens with zero attached hydrogens (tertiary/aromatic N) is 1. The molecule has 0 aromatic rings. The Balaban J connectivity index is 3.25. The van der Waals surface area contributed by atoms with Crippen LogP contribution in [-0.2, 0) is 19.1 Å². The van der Waals surface area contributed by atoms with Crippen LogP contribution in [0.1, 0.15) is 32.6 Å². The van der Waals surface area contributed by atoms with E-state index in [-0.39, 0.29) is 32.3 Å². The maximum atomic E-state index is 13.4. The van der Waals surface area contributed by atoms with Crippen molar-refractivity contribution in [3.8, 4) is 0 Å². The first-order valence-electron chi connectivity index (χ1n) is 8.30. The van der Waals surface area contributed by atoms with Gasteiger partial charge in [0, 0.05) is 0 Å². The highest BCUT2D eigenvalue weighted by Crippen LogP contribution is 2.33. The zero-order valence-electron chi connectivity index (χ0n) is 15.1. The Kier molecular flexibility index (Phi) is 7.88. The third kappa shape index (κ3) is 6.13. The summed E-state index contributed by atoms with van der Waals surface area (Å²) >= 11 is 0. The summed E-state index contributed by atoms with van der Waals surface area (Å²) in [6.45, 7) is 1.76. The number of allylic oxidation sites excluding steroid dienone is 1. The molecule has 1 rings (SSSR count). The Morgan fingerprint density at radius 2 is 1.57 bits per heavy atom. The molecule has 1 fully saturated rings. The van der Waals surface area contributed by atoms with E-state index < -0.39 is 53.2 Å². The van der Waals surface area contributed by atoms with Crippen LogP contribution < -0.4 is 5.73 Å². The van der Waals surface area contributed by atoms with Crippen LogP contribution in [0.5, 0.6) is 0 Å². The molecule has 6 nitrogen and oxygen atoms in total. The highest BCUT2D eigenvalue weighted by Gasteiger charge is 2.47. The van der Waals surface area contributed by atoms with Crippen LogP contribution >= 0.6 is 0 Å². The van der Waals surface area contributed by atoms with E-state index in [2.05, 4.69) is 9.73 Å². The molecule has 0 atom stereocenters. The van der Waals surface area contributed by atoms with E-state index in [0.717, 1.165) is 0 Å². The number of rotatable bonds is 5. The number of hydrogen-bond donors (Lipinski definition) is 1. The van der Waals surface area contributed by atoms with Crippen LogP contribution in [0.4, 0.5) is 26.3 Å². The molecule has 1 aliphatic carbocycles. The average Bonchev–Trinajstić information content (AvgIpc) is 2.59. The lowest BCUT2D eigenvalue weighted by Crippen LogP contribution is -2.37. The van der Waals surface area contributed by atoms with Gasteiger partial charge in [-0.1, -0.05) is 0 Å². The van der Waals surface area contributed by atoms with Gasteiger partial charge in [-0.2, -0.15) is 26.3 Å². The molecule has 0 bridgehead atoms. The first-order valence-corrected chi connectivity index (χ1v) is 8.30. The zero-order valence-corrected chi connectivity index (χ0v) is 15.1. The fourth-order valence-corrected chi connectivity index (χ4v) is 2.74. The molecule has 2 N–H and O–H groups in total. The van der Waals surface area contributed by atoms with Crippen molar-refractivity contribution < 1.29 is 45.4 Å². The van der Waals surface area contributed by atoms with E-state index in [9.17, 15) is 35.9 Å². The van der Waals surface area contributed by atoms with Gasteiger partial charge in [0.2, 0.25) is 0 Å². The summed E-state index contributed by atoms with van der Waals surface area (Å²) in [6.07, 6.45) is -10.4. The summed E-state index contributed by atoms with van der Waals surface area (Å²) in [5.74, 6) is -2.90. The molecule has 0 unspecified atom stereocenters. The third-order valence-electron chi connectivity index (χ3n) is 4.10. The van der Waals surface area contributed by atoms with Gasteiger partial charge in [-0.05, 0) is 32.6 Å². The molecule has 12 heteroatoms. The molecule has 28 heavy (non-hydrogen) atoms. The molecule has 0 aromatic heterocycles. The molecule has 0 saturated heterocycles. The number of carbonyl (C=O) groups excluding carboxylic acids is 2. The second-order valence-corrected chi connectivity index (χ2v) is 6.01. The van der Waals surface area contributed by atoms with E-state index >= 15 is 0 Å². The van der Waals surface area contributed by atoms with Crippen LogP contribution in [0.15, 0.2) is 16.3 Å². The van der Waals surface area contributed by atoms with Gasteiger partial charge < -0.3 is 15.2 Å². The van der Waals surface area contributed by atoms with E-state index in [0.29, 0.717) is 7.11 Å². The molecule has 0 radical (unpaired) electrons. The number of ether oxygens (including phenoxy) is 2. The molecule has 0 aliphatic heterocycles. The van der Waals surface area contributed by atoms with Crippen molar-refractivity contribution >= 4 is 17.7 Å². The summed E-state index contributed by atoms with van der Waals surface area (Å²) in [5, 5.41) is 0. The summed E-state index contributed by atoms with van der Waals surface area (Å²) in [5.41, 5.74) is -1.39. The highest BCUT2D eigenvalue weighted by molar-refractivity contribution is 6.22. The number of aliphatic imine (C=N–C) groups is 1. The van der Waals surface area contributed by atoms with Crippen molar-refractivity contribution in [2.45, 2.75) is 51.0 Å². The van der Waals surface area contributed by atoms with Gasteiger partial charge in [0.05, 0.1) is 25.7 Å². The third-order valence-corrected chi connectivity index (χ3v) is 4.10. The number of carbonyl (C=O) groups is 2. The van der Waals surface area contributed by atoms with Crippen LogP contribution in [0.3, 0.4) is 0 Å². The van der Waals surface area contributed by atoms with Crippen molar-refractivity contribution in [1.82, 2.24) is 0 Å². The molecule has 0 aromatic carbocycles. The van der Waals surface area contributed by atoms with Crippen LogP contribution in [0.25, 0.3) is 0 Å². The lowest BCUT2D eigenvalue weighted by molar-refractivity contribution is -0.149. The van der Waals surface area contributed by atoms with Crippen molar-refractivity contribution in [3.63, 3.8) is 0 Å². The van der Waals surface area contributed by atoms with Crippen molar-refractivity contribution in [1.29, 1.82) is 0 Å². The SMILES string of the molecule is CCOC(=O)C1CCC(N=C(C(C(=O)OC)=C(N)C(F)(F)F)C(F)(F)F)CC1. The maximum Gasteiger partial charge on any atom is 0.433 e. The number of halogens is 6. The Labute approximate surface area is 156 Å². The number of hydrogen-bond acceptors (Lipinski definition) is 6. The van der Waals surface area contributed by atoms with E-state index in [1.807, 2.05) is 0 Å². The Hall–Kier alpha value is -2.27. The second kappa shape index (κ2) is 9.28. The fourth-order valence-electron chi connectivity index (χ4n) is 2.74. The standard InChI is InChI=1S/C16H20F6N2O4/c1-3-28-13(25)8-4-6-9(7-5-8)24-12(16(20,21)22)10(14(26)27-2)11(23)15(17,18)19/h8-9H,3-7,23H2,1-2H3. The monoisotopic (exact) mass is 418 g/mol. The van der Waals surface area contributed by atoms with Gasteiger partial charge in [0.1, 0.15) is 11.3 Å². The number of alkyl halides is 6. The van der Waals surface area contributed by atoms with E-state index in [1.54, 1.807) is 6.92 Å². The van der Waals surface area contributed by atoms with Gasteiger partial charge >= 0.3 is 24.3 Å². The molecule has 1 saturated carbocycles. The average molecular weight is 418 g/mol.